The molecule has 0 aromatic heterocycles. The average molecular weight is 247 g/mol. The van der Waals surface area contributed by atoms with E-state index in [-0.39, 0.29) is 5.54 Å². The van der Waals surface area contributed by atoms with Crippen LogP contribution in [0.1, 0.15) is 40.2 Å². The van der Waals surface area contributed by atoms with E-state index in [4.69, 9.17) is 4.74 Å². The predicted octanol–water partition coefficient (Wildman–Crippen LogP) is 3.92. The summed E-state index contributed by atoms with van der Waals surface area (Å²) in [5.74, 6) is 0.923. The molecule has 0 saturated carbocycles. The third kappa shape index (κ3) is 6.45. The number of nitrogens with one attached hydrogen (secondary N) is 1. The van der Waals surface area contributed by atoms with E-state index >= 15 is 0 Å². The summed E-state index contributed by atoms with van der Waals surface area (Å²) in [6.07, 6.45) is 2.08. The molecule has 2 nitrogen and oxygen atoms in total. The molecule has 0 spiro atoms. The highest BCUT2D eigenvalue weighted by Crippen LogP contribution is 2.13. The maximum Gasteiger partial charge on any atom is 0.119 e. The van der Waals surface area contributed by atoms with Crippen LogP contribution in [-0.2, 0) is 6.54 Å². The van der Waals surface area contributed by atoms with Gasteiger partial charge in [0.05, 0.1) is 0 Å². The van der Waals surface area contributed by atoms with Gasteiger partial charge in [0.15, 0.2) is 0 Å². The van der Waals surface area contributed by atoms with Gasteiger partial charge in [0.25, 0.3) is 0 Å². The number of hydrogen-bond donors (Lipinski definition) is 1. The van der Waals surface area contributed by atoms with E-state index < -0.39 is 0 Å². The Balaban J connectivity index is 2.45. The summed E-state index contributed by atoms with van der Waals surface area (Å²) in [6, 6.07) is 8.27. The minimum Gasteiger partial charge on any atom is -0.490 e. The van der Waals surface area contributed by atoms with Crippen molar-refractivity contribution in [1.82, 2.24) is 5.32 Å². The van der Waals surface area contributed by atoms with Crippen molar-refractivity contribution in [2.75, 3.05) is 6.61 Å². The SMILES string of the molecule is CC(C)=CCOc1ccc(CNC(C)(C)C)cc1. The molecule has 0 fully saturated rings. The van der Waals surface area contributed by atoms with E-state index in [1.807, 2.05) is 12.1 Å². The number of benzene rings is 1. The van der Waals surface area contributed by atoms with Gasteiger partial charge in [-0.1, -0.05) is 17.7 Å². The van der Waals surface area contributed by atoms with Crippen molar-refractivity contribution in [3.8, 4) is 5.75 Å². The van der Waals surface area contributed by atoms with E-state index in [2.05, 4.69) is 58.1 Å². The molecule has 0 heterocycles. The monoisotopic (exact) mass is 247 g/mol. The normalized spacial score (nSPS) is 11.2. The Bertz CT molecular complexity index is 381. The van der Waals surface area contributed by atoms with Crippen molar-refractivity contribution in [3.63, 3.8) is 0 Å². The molecule has 2 heteroatoms. The minimum atomic E-state index is 0.151. The number of ether oxygens (including phenoxy) is 1. The van der Waals surface area contributed by atoms with Crippen molar-refractivity contribution in [2.24, 2.45) is 0 Å². The number of hydrogen-bond acceptors (Lipinski definition) is 2. The molecule has 18 heavy (non-hydrogen) atoms. The van der Waals surface area contributed by atoms with Gasteiger partial charge in [-0.05, 0) is 58.4 Å². The maximum absolute atomic E-state index is 5.62. The fourth-order valence-corrected chi connectivity index (χ4v) is 1.38. The first-order valence-electron chi connectivity index (χ1n) is 6.47. The summed E-state index contributed by atoms with van der Waals surface area (Å²) in [5, 5.41) is 3.47. The van der Waals surface area contributed by atoms with Gasteiger partial charge >= 0.3 is 0 Å². The van der Waals surface area contributed by atoms with Crippen LogP contribution in [0.2, 0.25) is 0 Å². The smallest absolute Gasteiger partial charge is 0.119 e. The van der Waals surface area contributed by atoms with Crippen molar-refractivity contribution in [1.29, 1.82) is 0 Å². The van der Waals surface area contributed by atoms with Crippen LogP contribution >= 0.6 is 0 Å². The lowest BCUT2D eigenvalue weighted by Crippen LogP contribution is -2.34. The molecule has 0 aliphatic rings. The van der Waals surface area contributed by atoms with Crippen LogP contribution in [0.15, 0.2) is 35.9 Å². The summed E-state index contributed by atoms with van der Waals surface area (Å²) < 4.78 is 5.62. The van der Waals surface area contributed by atoms with Crippen LogP contribution in [0.4, 0.5) is 0 Å². The molecule has 0 saturated heterocycles. The molecule has 0 bridgehead atoms. The highest BCUT2D eigenvalue weighted by molar-refractivity contribution is 5.27. The molecule has 0 aliphatic carbocycles. The van der Waals surface area contributed by atoms with Gasteiger partial charge in [0.1, 0.15) is 12.4 Å². The predicted molar refractivity (Wildman–Crippen MR) is 78.0 cm³/mol. The zero-order chi connectivity index (χ0) is 13.6. The van der Waals surface area contributed by atoms with Crippen molar-refractivity contribution in [3.05, 3.63) is 41.5 Å². The molecule has 1 aromatic rings. The molecule has 0 radical (unpaired) electrons. The molecule has 0 unspecified atom stereocenters. The molecule has 0 aliphatic heterocycles. The van der Waals surface area contributed by atoms with Gasteiger partial charge < -0.3 is 10.1 Å². The minimum absolute atomic E-state index is 0.151. The average Bonchev–Trinajstić information content (AvgIpc) is 2.26. The van der Waals surface area contributed by atoms with Crippen LogP contribution in [0, 0.1) is 0 Å². The molecule has 100 valence electrons. The summed E-state index contributed by atoms with van der Waals surface area (Å²) in [7, 11) is 0. The van der Waals surface area contributed by atoms with Crippen LogP contribution < -0.4 is 10.1 Å². The molecular weight excluding hydrogens is 222 g/mol. The van der Waals surface area contributed by atoms with Crippen LogP contribution in [0.25, 0.3) is 0 Å². The molecule has 1 aromatic carbocycles. The third-order valence-electron chi connectivity index (χ3n) is 2.49. The molecule has 0 atom stereocenters. The largest absolute Gasteiger partial charge is 0.490 e. The maximum atomic E-state index is 5.62. The summed E-state index contributed by atoms with van der Waals surface area (Å²) >= 11 is 0. The Morgan fingerprint density at radius 3 is 2.28 bits per heavy atom. The second kappa shape index (κ2) is 6.60. The van der Waals surface area contributed by atoms with Crippen molar-refractivity contribution < 1.29 is 4.74 Å². The van der Waals surface area contributed by atoms with E-state index in [9.17, 15) is 0 Å². The summed E-state index contributed by atoms with van der Waals surface area (Å²) in [4.78, 5) is 0. The first-order chi connectivity index (χ1) is 8.37. The first kappa shape index (κ1) is 14.8. The fourth-order valence-electron chi connectivity index (χ4n) is 1.38. The zero-order valence-electron chi connectivity index (χ0n) is 12.2. The number of rotatable bonds is 5. The number of allylic oxidation sites excluding steroid dienone is 1. The van der Waals surface area contributed by atoms with Crippen LogP contribution in [0.5, 0.6) is 5.75 Å². The zero-order valence-corrected chi connectivity index (χ0v) is 12.2. The molecule has 1 rings (SSSR count). The Labute approximate surface area is 111 Å². The molecule has 0 amide bonds. The van der Waals surface area contributed by atoms with E-state index in [0.717, 1.165) is 12.3 Å². The quantitative estimate of drug-likeness (QED) is 0.796. The Morgan fingerprint density at radius 1 is 1.17 bits per heavy atom. The molecular formula is C16H25NO. The summed E-state index contributed by atoms with van der Waals surface area (Å²) in [5.41, 5.74) is 2.71. The van der Waals surface area contributed by atoms with E-state index in [1.54, 1.807) is 0 Å². The lowest BCUT2D eigenvalue weighted by atomic mass is 10.1. The van der Waals surface area contributed by atoms with Gasteiger partial charge in [-0.25, -0.2) is 0 Å². The van der Waals surface area contributed by atoms with Gasteiger partial charge in [-0.3, -0.25) is 0 Å². The molecule has 1 N–H and O–H groups in total. The van der Waals surface area contributed by atoms with E-state index in [0.29, 0.717) is 6.61 Å². The van der Waals surface area contributed by atoms with Gasteiger partial charge in [0, 0.05) is 12.1 Å². The third-order valence-corrected chi connectivity index (χ3v) is 2.49. The standard InChI is InChI=1S/C16H25NO/c1-13(2)10-11-18-15-8-6-14(7-9-15)12-17-16(3,4)5/h6-10,17H,11-12H2,1-5H3. The Kier molecular flexibility index (Phi) is 5.42. The Hall–Kier alpha value is -1.28. The second-order valence-corrected chi connectivity index (χ2v) is 5.84. The topological polar surface area (TPSA) is 21.3 Å². The first-order valence-corrected chi connectivity index (χ1v) is 6.47. The van der Waals surface area contributed by atoms with Crippen LogP contribution in [0.3, 0.4) is 0 Å². The summed E-state index contributed by atoms with van der Waals surface area (Å²) in [6.45, 7) is 12.2. The van der Waals surface area contributed by atoms with Crippen LogP contribution in [-0.4, -0.2) is 12.1 Å². The highest BCUT2D eigenvalue weighted by Gasteiger charge is 2.07. The highest BCUT2D eigenvalue weighted by atomic mass is 16.5. The second-order valence-electron chi connectivity index (χ2n) is 5.84. The van der Waals surface area contributed by atoms with E-state index in [1.165, 1.54) is 11.1 Å². The fraction of sp³-hybridized carbons (Fsp3) is 0.500. The lowest BCUT2D eigenvalue weighted by molar-refractivity contribution is 0.361. The Morgan fingerprint density at radius 2 is 1.78 bits per heavy atom. The van der Waals surface area contributed by atoms with Gasteiger partial charge in [-0.2, -0.15) is 0 Å². The van der Waals surface area contributed by atoms with Crippen molar-refractivity contribution >= 4 is 0 Å². The lowest BCUT2D eigenvalue weighted by Gasteiger charge is -2.20. The van der Waals surface area contributed by atoms with Gasteiger partial charge in [0.2, 0.25) is 0 Å². The van der Waals surface area contributed by atoms with Gasteiger partial charge in [-0.15, -0.1) is 0 Å². The van der Waals surface area contributed by atoms with Crippen molar-refractivity contribution in [2.45, 2.75) is 46.7 Å².